The number of para-hydroxylation sites is 1. The van der Waals surface area contributed by atoms with Crippen LogP contribution in [0.5, 0.6) is 11.5 Å². The first-order valence-electron chi connectivity index (χ1n) is 7.50. The standard InChI is InChI=1S/C18H23NO3/c1-3-4-11-22-18-15(9-6-10-16(18)21-2)17(20)13-7-5-8-14(19)12-13/h5-10,12,17,20H,3-4,11,19H2,1-2H3. The van der Waals surface area contributed by atoms with E-state index in [-0.39, 0.29) is 0 Å². The van der Waals surface area contributed by atoms with Gasteiger partial charge < -0.3 is 20.3 Å². The molecule has 0 bridgehead atoms. The average Bonchev–Trinajstić information content (AvgIpc) is 2.54. The van der Waals surface area contributed by atoms with E-state index in [0.29, 0.717) is 29.4 Å². The maximum Gasteiger partial charge on any atom is 0.167 e. The lowest BCUT2D eigenvalue weighted by atomic mass is 10.00. The molecule has 0 aliphatic heterocycles. The molecule has 3 N–H and O–H groups in total. The number of benzene rings is 2. The van der Waals surface area contributed by atoms with Crippen molar-refractivity contribution in [1.29, 1.82) is 0 Å². The molecule has 0 saturated carbocycles. The Balaban J connectivity index is 2.36. The van der Waals surface area contributed by atoms with Gasteiger partial charge in [-0.15, -0.1) is 0 Å². The summed E-state index contributed by atoms with van der Waals surface area (Å²) in [7, 11) is 1.60. The number of nitrogens with two attached hydrogens (primary N) is 1. The number of hydrogen-bond acceptors (Lipinski definition) is 4. The molecule has 0 aromatic heterocycles. The van der Waals surface area contributed by atoms with Crippen LogP contribution in [0.3, 0.4) is 0 Å². The zero-order valence-electron chi connectivity index (χ0n) is 13.1. The molecule has 0 heterocycles. The van der Waals surface area contributed by atoms with Crippen LogP contribution in [0.25, 0.3) is 0 Å². The molecule has 2 rings (SSSR count). The summed E-state index contributed by atoms with van der Waals surface area (Å²) >= 11 is 0. The van der Waals surface area contributed by atoms with Gasteiger partial charge in [-0.05, 0) is 30.2 Å². The molecule has 4 nitrogen and oxygen atoms in total. The third kappa shape index (κ3) is 3.71. The van der Waals surface area contributed by atoms with Gasteiger partial charge in [-0.25, -0.2) is 0 Å². The van der Waals surface area contributed by atoms with E-state index in [1.54, 1.807) is 19.2 Å². The van der Waals surface area contributed by atoms with Crippen LogP contribution in [-0.4, -0.2) is 18.8 Å². The highest BCUT2D eigenvalue weighted by Gasteiger charge is 2.19. The first-order valence-corrected chi connectivity index (χ1v) is 7.50. The number of hydrogen-bond donors (Lipinski definition) is 2. The highest BCUT2D eigenvalue weighted by Crippen LogP contribution is 2.37. The van der Waals surface area contributed by atoms with E-state index in [9.17, 15) is 5.11 Å². The Hall–Kier alpha value is -2.20. The molecule has 4 heteroatoms. The molecule has 0 fully saturated rings. The summed E-state index contributed by atoms with van der Waals surface area (Å²) < 4.78 is 11.2. The molecular formula is C18H23NO3. The summed E-state index contributed by atoms with van der Waals surface area (Å²) in [6.45, 7) is 2.70. The maximum absolute atomic E-state index is 10.7. The van der Waals surface area contributed by atoms with Crippen molar-refractivity contribution in [2.45, 2.75) is 25.9 Å². The number of ether oxygens (including phenoxy) is 2. The van der Waals surface area contributed by atoms with Gasteiger partial charge in [0.15, 0.2) is 11.5 Å². The number of anilines is 1. The largest absolute Gasteiger partial charge is 0.493 e. The Kier molecular flexibility index (Phi) is 5.67. The Morgan fingerprint density at radius 1 is 1.18 bits per heavy atom. The van der Waals surface area contributed by atoms with Gasteiger partial charge in [-0.1, -0.05) is 37.6 Å². The van der Waals surface area contributed by atoms with E-state index in [4.69, 9.17) is 15.2 Å². The van der Waals surface area contributed by atoms with Gasteiger partial charge in [0.1, 0.15) is 6.10 Å². The second-order valence-electron chi connectivity index (χ2n) is 5.15. The fourth-order valence-electron chi connectivity index (χ4n) is 2.29. The molecule has 0 aliphatic rings. The zero-order chi connectivity index (χ0) is 15.9. The molecule has 22 heavy (non-hydrogen) atoms. The highest BCUT2D eigenvalue weighted by atomic mass is 16.5. The Morgan fingerprint density at radius 2 is 1.95 bits per heavy atom. The van der Waals surface area contributed by atoms with Gasteiger partial charge in [0.05, 0.1) is 13.7 Å². The maximum atomic E-state index is 10.7. The second-order valence-corrected chi connectivity index (χ2v) is 5.15. The van der Waals surface area contributed by atoms with E-state index < -0.39 is 6.10 Å². The molecule has 0 aliphatic carbocycles. The Bertz CT molecular complexity index is 613. The number of nitrogen functional groups attached to an aromatic ring is 1. The summed E-state index contributed by atoms with van der Waals surface area (Å²) in [6, 6.07) is 12.7. The summed E-state index contributed by atoms with van der Waals surface area (Å²) in [5.74, 6) is 1.21. The van der Waals surface area contributed by atoms with Crippen molar-refractivity contribution in [3.63, 3.8) is 0 Å². The minimum atomic E-state index is -0.810. The van der Waals surface area contributed by atoms with Crippen LogP contribution >= 0.6 is 0 Å². The molecule has 1 atom stereocenters. The van der Waals surface area contributed by atoms with Crippen molar-refractivity contribution >= 4 is 5.69 Å². The van der Waals surface area contributed by atoms with E-state index in [1.165, 1.54) is 0 Å². The number of aliphatic hydroxyl groups excluding tert-OH is 1. The highest BCUT2D eigenvalue weighted by molar-refractivity contribution is 5.51. The summed E-state index contributed by atoms with van der Waals surface area (Å²) in [4.78, 5) is 0. The van der Waals surface area contributed by atoms with Crippen LogP contribution in [0.4, 0.5) is 5.69 Å². The summed E-state index contributed by atoms with van der Waals surface area (Å²) in [5, 5.41) is 10.7. The van der Waals surface area contributed by atoms with Crippen LogP contribution < -0.4 is 15.2 Å². The molecule has 2 aromatic carbocycles. The fourth-order valence-corrected chi connectivity index (χ4v) is 2.29. The number of aliphatic hydroxyl groups is 1. The van der Waals surface area contributed by atoms with E-state index in [0.717, 1.165) is 18.4 Å². The first-order chi connectivity index (χ1) is 10.7. The second kappa shape index (κ2) is 7.71. The lowest BCUT2D eigenvalue weighted by molar-refractivity contribution is 0.207. The molecule has 0 amide bonds. The molecular weight excluding hydrogens is 278 g/mol. The van der Waals surface area contributed by atoms with E-state index >= 15 is 0 Å². The Morgan fingerprint density at radius 3 is 2.64 bits per heavy atom. The van der Waals surface area contributed by atoms with Crippen molar-refractivity contribution in [3.05, 3.63) is 53.6 Å². The van der Waals surface area contributed by atoms with Crippen LogP contribution in [0, 0.1) is 0 Å². The van der Waals surface area contributed by atoms with E-state index in [2.05, 4.69) is 6.92 Å². The monoisotopic (exact) mass is 301 g/mol. The van der Waals surface area contributed by atoms with Crippen LogP contribution in [0.15, 0.2) is 42.5 Å². The SMILES string of the molecule is CCCCOc1c(OC)cccc1C(O)c1cccc(N)c1. The van der Waals surface area contributed by atoms with Gasteiger partial charge in [0.25, 0.3) is 0 Å². The normalized spacial score (nSPS) is 12.0. The third-order valence-electron chi connectivity index (χ3n) is 3.49. The van der Waals surface area contributed by atoms with Crippen LogP contribution in [0.1, 0.15) is 37.0 Å². The molecule has 118 valence electrons. The van der Waals surface area contributed by atoms with Gasteiger partial charge in [0.2, 0.25) is 0 Å². The molecule has 1 unspecified atom stereocenters. The van der Waals surface area contributed by atoms with Crippen molar-refractivity contribution in [2.75, 3.05) is 19.5 Å². The Labute approximate surface area is 131 Å². The van der Waals surface area contributed by atoms with Gasteiger partial charge in [-0.3, -0.25) is 0 Å². The quantitative estimate of drug-likeness (QED) is 0.606. The minimum Gasteiger partial charge on any atom is -0.493 e. The van der Waals surface area contributed by atoms with Crippen molar-refractivity contribution in [3.8, 4) is 11.5 Å². The topological polar surface area (TPSA) is 64.7 Å². The molecule has 0 radical (unpaired) electrons. The summed E-state index contributed by atoms with van der Waals surface area (Å²) in [6.07, 6.45) is 1.18. The molecule has 0 spiro atoms. The minimum absolute atomic E-state index is 0.591. The van der Waals surface area contributed by atoms with Crippen LogP contribution in [0.2, 0.25) is 0 Å². The first kappa shape index (κ1) is 16.2. The number of unbranched alkanes of at least 4 members (excludes halogenated alkanes) is 1. The predicted octanol–water partition coefficient (Wildman–Crippen LogP) is 3.54. The lowest BCUT2D eigenvalue weighted by Crippen LogP contribution is -2.07. The third-order valence-corrected chi connectivity index (χ3v) is 3.49. The molecule has 2 aromatic rings. The van der Waals surface area contributed by atoms with Crippen LogP contribution in [-0.2, 0) is 0 Å². The van der Waals surface area contributed by atoms with E-state index in [1.807, 2.05) is 30.3 Å². The zero-order valence-corrected chi connectivity index (χ0v) is 13.1. The predicted molar refractivity (Wildman–Crippen MR) is 88.3 cm³/mol. The average molecular weight is 301 g/mol. The summed E-state index contributed by atoms with van der Waals surface area (Å²) in [5.41, 5.74) is 7.83. The van der Waals surface area contributed by atoms with Gasteiger partial charge >= 0.3 is 0 Å². The van der Waals surface area contributed by atoms with Crippen molar-refractivity contribution < 1.29 is 14.6 Å². The molecule has 0 saturated heterocycles. The number of methoxy groups -OCH3 is 1. The number of rotatable bonds is 7. The lowest BCUT2D eigenvalue weighted by Gasteiger charge is -2.19. The van der Waals surface area contributed by atoms with Crippen molar-refractivity contribution in [1.82, 2.24) is 0 Å². The van der Waals surface area contributed by atoms with Gasteiger partial charge in [0, 0.05) is 11.3 Å². The van der Waals surface area contributed by atoms with Crippen molar-refractivity contribution in [2.24, 2.45) is 0 Å². The smallest absolute Gasteiger partial charge is 0.167 e. The fraction of sp³-hybridized carbons (Fsp3) is 0.333. The van der Waals surface area contributed by atoms with Gasteiger partial charge in [-0.2, -0.15) is 0 Å².